The van der Waals surface area contributed by atoms with E-state index < -0.39 is 11.5 Å². The fourth-order valence-electron chi connectivity index (χ4n) is 2.17. The zero-order valence-corrected chi connectivity index (χ0v) is 12.9. The molecule has 3 rings (SSSR count). The van der Waals surface area contributed by atoms with E-state index in [0.29, 0.717) is 21.8 Å². The van der Waals surface area contributed by atoms with Gasteiger partial charge in [-0.15, -0.1) is 0 Å². The van der Waals surface area contributed by atoms with Gasteiger partial charge in [0.2, 0.25) is 0 Å². The summed E-state index contributed by atoms with van der Waals surface area (Å²) in [4.78, 5) is 24.3. The molecular formula is C17H12ClNO4. The minimum atomic E-state index is -0.744. The molecule has 1 amide bonds. The van der Waals surface area contributed by atoms with Gasteiger partial charge in [0.25, 0.3) is 5.91 Å². The molecule has 0 saturated carbocycles. The summed E-state index contributed by atoms with van der Waals surface area (Å²) in [5, 5.41) is 3.54. The molecule has 6 heteroatoms. The van der Waals surface area contributed by atoms with Gasteiger partial charge < -0.3 is 14.5 Å². The van der Waals surface area contributed by atoms with E-state index in [1.165, 1.54) is 13.2 Å². The summed E-state index contributed by atoms with van der Waals surface area (Å²) in [6, 6.07) is 13.3. The number of carbonyl (C=O) groups excluding carboxylic acids is 1. The van der Waals surface area contributed by atoms with Crippen molar-refractivity contribution in [2.45, 2.75) is 0 Å². The van der Waals surface area contributed by atoms with Crippen molar-refractivity contribution < 1.29 is 13.9 Å². The molecule has 0 radical (unpaired) electrons. The predicted octanol–water partition coefficient (Wildman–Crippen LogP) is 3.71. The number of amides is 1. The van der Waals surface area contributed by atoms with Gasteiger partial charge in [0.05, 0.1) is 12.1 Å². The molecule has 2 aromatic carbocycles. The molecule has 0 aliphatic carbocycles. The average molecular weight is 330 g/mol. The number of rotatable bonds is 3. The second-order valence-electron chi connectivity index (χ2n) is 4.79. The van der Waals surface area contributed by atoms with Crippen LogP contribution in [0, 0.1) is 0 Å². The second-order valence-corrected chi connectivity index (χ2v) is 5.20. The van der Waals surface area contributed by atoms with Gasteiger partial charge in [-0.2, -0.15) is 0 Å². The quantitative estimate of drug-likeness (QED) is 0.744. The molecule has 0 aliphatic heterocycles. The summed E-state index contributed by atoms with van der Waals surface area (Å²) >= 11 is 5.98. The van der Waals surface area contributed by atoms with E-state index in [1.54, 1.807) is 42.5 Å². The molecule has 0 fully saturated rings. The lowest BCUT2D eigenvalue weighted by Gasteiger charge is -2.07. The molecule has 116 valence electrons. The number of hydrogen-bond donors (Lipinski definition) is 1. The highest BCUT2D eigenvalue weighted by atomic mass is 35.5. The van der Waals surface area contributed by atoms with Crippen LogP contribution < -0.4 is 15.7 Å². The van der Waals surface area contributed by atoms with Crippen molar-refractivity contribution in [3.8, 4) is 5.75 Å². The van der Waals surface area contributed by atoms with Gasteiger partial charge in [0.15, 0.2) is 5.58 Å². The third-order valence-corrected chi connectivity index (χ3v) is 3.58. The van der Waals surface area contributed by atoms with Crippen LogP contribution in [-0.4, -0.2) is 13.0 Å². The summed E-state index contributed by atoms with van der Waals surface area (Å²) in [5.74, 6) is 0.0361. The summed E-state index contributed by atoms with van der Waals surface area (Å²) in [5.41, 5.74) is -0.0642. The van der Waals surface area contributed by atoms with Crippen LogP contribution in [0.5, 0.6) is 5.75 Å². The van der Waals surface area contributed by atoms with Gasteiger partial charge in [-0.1, -0.05) is 29.8 Å². The molecule has 0 bridgehead atoms. The first-order chi connectivity index (χ1) is 11.1. The molecule has 1 N–H and O–H groups in total. The molecular weight excluding hydrogens is 318 g/mol. The van der Waals surface area contributed by atoms with E-state index in [4.69, 9.17) is 20.8 Å². The Bertz CT molecular complexity index is 949. The number of hydrogen-bond acceptors (Lipinski definition) is 4. The van der Waals surface area contributed by atoms with Crippen molar-refractivity contribution in [3.05, 3.63) is 69.5 Å². The molecule has 0 unspecified atom stereocenters. The minimum Gasteiger partial charge on any atom is -0.497 e. The van der Waals surface area contributed by atoms with Crippen LogP contribution in [0.3, 0.4) is 0 Å². The number of fused-ring (bicyclic) bond motifs is 1. The third-order valence-electron chi connectivity index (χ3n) is 3.28. The Morgan fingerprint density at radius 2 is 1.96 bits per heavy atom. The van der Waals surface area contributed by atoms with E-state index in [-0.39, 0.29) is 11.1 Å². The zero-order chi connectivity index (χ0) is 16.4. The molecule has 3 aromatic rings. The predicted molar refractivity (Wildman–Crippen MR) is 88.4 cm³/mol. The minimum absolute atomic E-state index is 0.0948. The average Bonchev–Trinajstić information content (AvgIpc) is 2.55. The maximum Gasteiger partial charge on any atom is 0.349 e. The SMILES string of the molecule is COc1cccc(NC(=O)c2cc3cccc(Cl)c3oc2=O)c1. The van der Waals surface area contributed by atoms with Gasteiger partial charge in [-0.05, 0) is 24.3 Å². The van der Waals surface area contributed by atoms with Crippen molar-refractivity contribution in [3.63, 3.8) is 0 Å². The number of halogens is 1. The van der Waals surface area contributed by atoms with Crippen molar-refractivity contribution >= 4 is 34.2 Å². The number of anilines is 1. The lowest BCUT2D eigenvalue weighted by Crippen LogP contribution is -2.20. The molecule has 0 aliphatic rings. The molecule has 0 saturated heterocycles. The molecule has 5 nitrogen and oxygen atoms in total. The summed E-state index contributed by atoms with van der Waals surface area (Å²) < 4.78 is 10.2. The van der Waals surface area contributed by atoms with Crippen LogP contribution in [0.2, 0.25) is 5.02 Å². The normalized spacial score (nSPS) is 10.5. The highest BCUT2D eigenvalue weighted by Crippen LogP contribution is 2.23. The Balaban J connectivity index is 1.97. The summed E-state index contributed by atoms with van der Waals surface area (Å²) in [7, 11) is 1.53. The van der Waals surface area contributed by atoms with Crippen LogP contribution in [0.1, 0.15) is 10.4 Å². The van der Waals surface area contributed by atoms with E-state index in [2.05, 4.69) is 5.32 Å². The molecule has 0 atom stereocenters. The van der Waals surface area contributed by atoms with E-state index in [0.717, 1.165) is 0 Å². The topological polar surface area (TPSA) is 68.5 Å². The largest absolute Gasteiger partial charge is 0.497 e. The first kappa shape index (κ1) is 15.1. The van der Waals surface area contributed by atoms with Crippen LogP contribution in [0.4, 0.5) is 5.69 Å². The van der Waals surface area contributed by atoms with E-state index in [9.17, 15) is 9.59 Å². The molecule has 23 heavy (non-hydrogen) atoms. The maximum absolute atomic E-state index is 12.3. The maximum atomic E-state index is 12.3. The van der Waals surface area contributed by atoms with Crippen molar-refractivity contribution in [2.24, 2.45) is 0 Å². The van der Waals surface area contributed by atoms with Gasteiger partial charge in [0, 0.05) is 17.1 Å². The lowest BCUT2D eigenvalue weighted by atomic mass is 10.1. The smallest absolute Gasteiger partial charge is 0.349 e. The Morgan fingerprint density at radius 3 is 2.74 bits per heavy atom. The Labute approximate surface area is 136 Å². The number of carbonyl (C=O) groups is 1. The van der Waals surface area contributed by atoms with Gasteiger partial charge >= 0.3 is 5.63 Å². The van der Waals surface area contributed by atoms with E-state index in [1.807, 2.05) is 0 Å². The number of benzene rings is 2. The first-order valence-corrected chi connectivity index (χ1v) is 7.14. The fourth-order valence-corrected chi connectivity index (χ4v) is 2.39. The number of para-hydroxylation sites is 1. The standard InChI is InChI=1S/C17H12ClNO4/c1-22-12-6-3-5-11(9-12)19-16(20)13-8-10-4-2-7-14(18)15(10)23-17(13)21/h2-9H,1H3,(H,19,20). The van der Waals surface area contributed by atoms with Crippen LogP contribution in [0.15, 0.2) is 57.7 Å². The molecule has 1 aromatic heterocycles. The third kappa shape index (κ3) is 3.05. The first-order valence-electron chi connectivity index (χ1n) is 6.76. The number of nitrogens with one attached hydrogen (secondary N) is 1. The molecule has 1 heterocycles. The van der Waals surface area contributed by atoms with E-state index >= 15 is 0 Å². The van der Waals surface area contributed by atoms with Crippen molar-refractivity contribution in [1.82, 2.24) is 0 Å². The fraction of sp³-hybridized carbons (Fsp3) is 0.0588. The highest BCUT2D eigenvalue weighted by molar-refractivity contribution is 6.34. The zero-order valence-electron chi connectivity index (χ0n) is 12.1. The van der Waals surface area contributed by atoms with Gasteiger partial charge in [0.1, 0.15) is 11.3 Å². The van der Waals surface area contributed by atoms with Gasteiger partial charge in [-0.25, -0.2) is 4.79 Å². The Morgan fingerprint density at radius 1 is 1.17 bits per heavy atom. The van der Waals surface area contributed by atoms with Crippen molar-refractivity contribution in [1.29, 1.82) is 0 Å². The van der Waals surface area contributed by atoms with Crippen molar-refractivity contribution in [2.75, 3.05) is 12.4 Å². The van der Waals surface area contributed by atoms with Crippen LogP contribution >= 0.6 is 11.6 Å². The number of ether oxygens (including phenoxy) is 1. The van der Waals surface area contributed by atoms with Gasteiger partial charge in [-0.3, -0.25) is 4.79 Å². The second kappa shape index (κ2) is 6.14. The highest BCUT2D eigenvalue weighted by Gasteiger charge is 2.15. The van der Waals surface area contributed by atoms with Crippen LogP contribution in [0.25, 0.3) is 11.0 Å². The summed E-state index contributed by atoms with van der Waals surface area (Å²) in [6.07, 6.45) is 0. The van der Waals surface area contributed by atoms with Crippen LogP contribution in [-0.2, 0) is 0 Å². The lowest BCUT2D eigenvalue weighted by molar-refractivity contribution is 0.102. The Hall–Kier alpha value is -2.79. The number of methoxy groups -OCH3 is 1. The monoisotopic (exact) mass is 329 g/mol. The summed E-state index contributed by atoms with van der Waals surface area (Å²) in [6.45, 7) is 0. The Kier molecular flexibility index (Phi) is 4.04. The molecule has 0 spiro atoms.